The number of halogens is 1. The number of nitrogens with zero attached hydrogens (tertiary/aromatic N) is 3. The maximum atomic E-state index is 5.66. The van der Waals surface area contributed by atoms with Crippen LogP contribution >= 0.6 is 15.9 Å². The van der Waals surface area contributed by atoms with Crippen LogP contribution in [0.1, 0.15) is 11.5 Å². The molecular formula is C15H13BrN4O. The molecule has 0 radical (unpaired) electrons. The van der Waals surface area contributed by atoms with Gasteiger partial charge in [0, 0.05) is 23.4 Å². The average Bonchev–Trinajstić information content (AvgIpc) is 2.97. The van der Waals surface area contributed by atoms with E-state index in [-0.39, 0.29) is 0 Å². The van der Waals surface area contributed by atoms with Crippen LogP contribution in [-0.2, 0) is 13.1 Å². The van der Waals surface area contributed by atoms with Crippen LogP contribution < -0.4 is 5.32 Å². The molecule has 0 aliphatic heterocycles. The Kier molecular flexibility index (Phi) is 4.37. The van der Waals surface area contributed by atoms with E-state index in [0.717, 1.165) is 15.6 Å². The zero-order valence-electron chi connectivity index (χ0n) is 11.2. The maximum absolute atomic E-state index is 5.66. The minimum absolute atomic E-state index is 0.514. The van der Waals surface area contributed by atoms with Crippen molar-refractivity contribution in [2.45, 2.75) is 13.1 Å². The third-order valence-corrected chi connectivity index (χ3v) is 3.59. The van der Waals surface area contributed by atoms with Gasteiger partial charge in [-0.15, -0.1) is 10.2 Å². The van der Waals surface area contributed by atoms with Gasteiger partial charge in [-0.3, -0.25) is 4.98 Å². The monoisotopic (exact) mass is 344 g/mol. The molecule has 0 saturated carbocycles. The Morgan fingerprint density at radius 1 is 1.05 bits per heavy atom. The van der Waals surface area contributed by atoms with Crippen molar-refractivity contribution in [3.05, 3.63) is 64.7 Å². The molecule has 1 N–H and O–H groups in total. The van der Waals surface area contributed by atoms with Crippen LogP contribution in [0.2, 0.25) is 0 Å². The van der Waals surface area contributed by atoms with E-state index in [9.17, 15) is 0 Å². The lowest BCUT2D eigenvalue weighted by Gasteiger charge is -2.01. The molecule has 0 unspecified atom stereocenters. The molecule has 21 heavy (non-hydrogen) atoms. The predicted molar refractivity (Wildman–Crippen MR) is 82.2 cm³/mol. The molecule has 0 spiro atoms. The minimum Gasteiger partial charge on any atom is -0.419 e. The highest BCUT2D eigenvalue weighted by Gasteiger charge is 2.10. The van der Waals surface area contributed by atoms with Crippen molar-refractivity contribution in [3.63, 3.8) is 0 Å². The average molecular weight is 345 g/mol. The Hall–Kier alpha value is -2.05. The summed E-state index contributed by atoms with van der Waals surface area (Å²) in [6.45, 7) is 1.23. The van der Waals surface area contributed by atoms with Crippen molar-refractivity contribution in [1.82, 2.24) is 20.5 Å². The lowest BCUT2D eigenvalue weighted by Crippen LogP contribution is -2.12. The van der Waals surface area contributed by atoms with Gasteiger partial charge in [-0.05, 0) is 39.7 Å². The van der Waals surface area contributed by atoms with E-state index >= 15 is 0 Å². The minimum atomic E-state index is 0.514. The van der Waals surface area contributed by atoms with Gasteiger partial charge in [0.1, 0.15) is 0 Å². The van der Waals surface area contributed by atoms with Crippen LogP contribution in [-0.4, -0.2) is 15.2 Å². The smallest absolute Gasteiger partial charge is 0.248 e. The summed E-state index contributed by atoms with van der Waals surface area (Å²) in [5.41, 5.74) is 2.01. The Morgan fingerprint density at radius 2 is 1.95 bits per heavy atom. The summed E-state index contributed by atoms with van der Waals surface area (Å²) in [5.74, 6) is 1.07. The van der Waals surface area contributed by atoms with E-state index in [1.807, 2.05) is 42.6 Å². The van der Waals surface area contributed by atoms with Crippen LogP contribution in [0.3, 0.4) is 0 Å². The van der Waals surface area contributed by atoms with E-state index in [2.05, 4.69) is 36.4 Å². The van der Waals surface area contributed by atoms with Gasteiger partial charge in [0.15, 0.2) is 0 Å². The van der Waals surface area contributed by atoms with E-state index < -0.39 is 0 Å². The van der Waals surface area contributed by atoms with E-state index in [4.69, 9.17) is 4.42 Å². The second-order valence-corrected chi connectivity index (χ2v) is 5.30. The largest absolute Gasteiger partial charge is 0.419 e. The second kappa shape index (κ2) is 6.60. The lowest BCUT2D eigenvalue weighted by molar-refractivity contribution is 0.477. The highest BCUT2D eigenvalue weighted by atomic mass is 79.9. The van der Waals surface area contributed by atoms with Gasteiger partial charge >= 0.3 is 0 Å². The third kappa shape index (κ3) is 3.53. The molecule has 2 heterocycles. The van der Waals surface area contributed by atoms with Crippen LogP contribution in [0, 0.1) is 0 Å². The van der Waals surface area contributed by atoms with E-state index in [0.29, 0.717) is 24.9 Å². The van der Waals surface area contributed by atoms with Crippen molar-refractivity contribution in [1.29, 1.82) is 0 Å². The molecule has 3 rings (SSSR count). The van der Waals surface area contributed by atoms with Gasteiger partial charge < -0.3 is 9.73 Å². The van der Waals surface area contributed by atoms with Crippen LogP contribution in [0.15, 0.2) is 57.7 Å². The summed E-state index contributed by atoms with van der Waals surface area (Å²) in [6.07, 6.45) is 3.58. The summed E-state index contributed by atoms with van der Waals surface area (Å²) in [7, 11) is 0. The summed E-state index contributed by atoms with van der Waals surface area (Å²) in [6, 6.07) is 11.7. The lowest BCUT2D eigenvalue weighted by atomic mass is 10.2. The molecule has 6 heteroatoms. The first-order valence-corrected chi connectivity index (χ1v) is 7.29. The van der Waals surface area contributed by atoms with Gasteiger partial charge in [-0.1, -0.05) is 18.2 Å². The number of rotatable bonds is 5. The molecule has 3 aromatic rings. The predicted octanol–water partition coefficient (Wildman–Crippen LogP) is 3.18. The Labute approximate surface area is 130 Å². The van der Waals surface area contributed by atoms with Gasteiger partial charge in [-0.2, -0.15) is 0 Å². The third-order valence-electron chi connectivity index (χ3n) is 2.90. The van der Waals surface area contributed by atoms with Crippen LogP contribution in [0.5, 0.6) is 0 Å². The topological polar surface area (TPSA) is 63.8 Å². The fourth-order valence-electron chi connectivity index (χ4n) is 1.88. The number of aromatic nitrogens is 3. The van der Waals surface area contributed by atoms with Gasteiger partial charge in [0.2, 0.25) is 11.8 Å². The van der Waals surface area contributed by atoms with Crippen molar-refractivity contribution >= 4 is 15.9 Å². The molecule has 1 aromatic carbocycles. The van der Waals surface area contributed by atoms with E-state index in [1.165, 1.54) is 0 Å². The second-order valence-electron chi connectivity index (χ2n) is 4.45. The van der Waals surface area contributed by atoms with Crippen molar-refractivity contribution < 1.29 is 4.42 Å². The maximum Gasteiger partial charge on any atom is 0.248 e. The molecule has 106 valence electrons. The van der Waals surface area contributed by atoms with Crippen molar-refractivity contribution in [3.8, 4) is 11.5 Å². The quantitative estimate of drug-likeness (QED) is 0.769. The molecule has 2 aromatic heterocycles. The van der Waals surface area contributed by atoms with E-state index in [1.54, 1.807) is 6.20 Å². The fraction of sp³-hybridized carbons (Fsp3) is 0.133. The highest BCUT2D eigenvalue weighted by molar-refractivity contribution is 9.10. The summed E-state index contributed by atoms with van der Waals surface area (Å²) >= 11 is 3.48. The van der Waals surface area contributed by atoms with Crippen LogP contribution in [0.25, 0.3) is 11.5 Å². The zero-order chi connectivity index (χ0) is 14.5. The highest BCUT2D eigenvalue weighted by Crippen LogP contribution is 2.26. The first-order valence-electron chi connectivity index (χ1n) is 6.50. The summed E-state index contributed by atoms with van der Waals surface area (Å²) in [5, 5.41) is 11.4. The normalized spacial score (nSPS) is 10.7. The van der Waals surface area contributed by atoms with Crippen LogP contribution in [0.4, 0.5) is 0 Å². The molecule has 0 saturated heterocycles. The molecule has 0 aliphatic carbocycles. The molecule has 0 aliphatic rings. The van der Waals surface area contributed by atoms with Gasteiger partial charge in [0.25, 0.3) is 0 Å². The number of pyridine rings is 1. The Bertz CT molecular complexity index is 714. The number of nitrogens with one attached hydrogen (secondary N) is 1. The molecule has 5 nitrogen and oxygen atoms in total. The van der Waals surface area contributed by atoms with Gasteiger partial charge in [0.05, 0.1) is 12.1 Å². The van der Waals surface area contributed by atoms with Crippen molar-refractivity contribution in [2.24, 2.45) is 0 Å². The molecular weight excluding hydrogens is 332 g/mol. The summed E-state index contributed by atoms with van der Waals surface area (Å²) < 4.78 is 6.59. The fourth-order valence-corrected chi connectivity index (χ4v) is 2.34. The first kappa shape index (κ1) is 13.9. The first-order chi connectivity index (χ1) is 10.3. The number of hydrogen-bond donors (Lipinski definition) is 1. The molecule has 0 atom stereocenters. The number of benzene rings is 1. The molecule has 0 bridgehead atoms. The van der Waals surface area contributed by atoms with Crippen molar-refractivity contribution in [2.75, 3.05) is 0 Å². The Balaban J connectivity index is 1.62. The Morgan fingerprint density at radius 3 is 2.76 bits per heavy atom. The molecule has 0 fully saturated rings. The SMILES string of the molecule is Brc1ccccc1-c1nnc(CNCc2cccnc2)o1. The zero-order valence-corrected chi connectivity index (χ0v) is 12.7. The van der Waals surface area contributed by atoms with Gasteiger partial charge in [-0.25, -0.2) is 0 Å². The number of hydrogen-bond acceptors (Lipinski definition) is 5. The summed E-state index contributed by atoms with van der Waals surface area (Å²) in [4.78, 5) is 4.07. The standard InChI is InChI=1S/C15H13BrN4O/c16-13-6-2-1-5-12(13)15-20-19-14(21-15)10-18-9-11-4-3-7-17-8-11/h1-8,18H,9-10H2. The molecule has 0 amide bonds.